The molecule has 0 amide bonds. The summed E-state index contributed by atoms with van der Waals surface area (Å²) in [6, 6.07) is 0. The van der Waals surface area contributed by atoms with Crippen LogP contribution in [0.4, 0.5) is 13.2 Å². The van der Waals surface area contributed by atoms with Gasteiger partial charge in [-0.05, 0) is 13.5 Å². The summed E-state index contributed by atoms with van der Waals surface area (Å²) in [6.07, 6.45) is -0.557. The molecule has 6 heteroatoms. The van der Waals surface area contributed by atoms with Crippen LogP contribution in [0.5, 0.6) is 0 Å². The lowest BCUT2D eigenvalue weighted by Crippen LogP contribution is -2.61. The highest BCUT2D eigenvalue weighted by Crippen LogP contribution is 2.38. The van der Waals surface area contributed by atoms with Gasteiger partial charge in [-0.3, -0.25) is 0 Å². The van der Waals surface area contributed by atoms with Crippen molar-refractivity contribution in [2.45, 2.75) is 24.9 Å². The number of carbonyl (C=O) groups is 1. The van der Waals surface area contributed by atoms with Gasteiger partial charge in [0.25, 0.3) is 5.67 Å². The number of nitrogens with one attached hydrogen (secondary N) is 1. The Hall–Kier alpha value is -0.780. The zero-order valence-electron chi connectivity index (χ0n) is 7.78. The van der Waals surface area contributed by atoms with E-state index in [1.807, 2.05) is 0 Å². The van der Waals surface area contributed by atoms with Crippen molar-refractivity contribution in [3.63, 3.8) is 0 Å². The van der Waals surface area contributed by atoms with Crippen LogP contribution in [0.3, 0.4) is 0 Å². The normalized spacial score (nSPS) is 31.1. The van der Waals surface area contributed by atoms with E-state index in [1.54, 1.807) is 0 Å². The number of hydrogen-bond donors (Lipinski definition) is 1. The van der Waals surface area contributed by atoms with Crippen molar-refractivity contribution in [1.82, 2.24) is 5.32 Å². The van der Waals surface area contributed by atoms with E-state index in [1.165, 1.54) is 6.92 Å². The van der Waals surface area contributed by atoms with E-state index in [2.05, 4.69) is 10.1 Å². The Morgan fingerprint density at radius 2 is 2.14 bits per heavy atom. The molecule has 0 aromatic heterocycles. The van der Waals surface area contributed by atoms with Gasteiger partial charge in [-0.15, -0.1) is 0 Å². The lowest BCUT2D eigenvalue weighted by molar-refractivity contribution is -0.195. The highest BCUT2D eigenvalue weighted by molar-refractivity contribution is 5.81. The van der Waals surface area contributed by atoms with Crippen molar-refractivity contribution in [3.8, 4) is 0 Å². The first-order chi connectivity index (χ1) is 6.44. The smallest absolute Gasteiger partial charge is 0.350 e. The van der Waals surface area contributed by atoms with Crippen LogP contribution in [0, 0.1) is 0 Å². The van der Waals surface area contributed by atoms with E-state index in [0.717, 1.165) is 0 Å². The number of esters is 1. The SMILES string of the molecule is CCOC(=O)C1(F)CCNCC1(F)F. The molecule has 82 valence electrons. The second-order valence-electron chi connectivity index (χ2n) is 3.15. The molecule has 1 aliphatic rings. The quantitative estimate of drug-likeness (QED) is 0.689. The second kappa shape index (κ2) is 3.76. The molecule has 1 unspecified atom stereocenters. The van der Waals surface area contributed by atoms with Crippen molar-refractivity contribution in [2.24, 2.45) is 0 Å². The monoisotopic (exact) mass is 211 g/mol. The van der Waals surface area contributed by atoms with E-state index in [-0.39, 0.29) is 13.2 Å². The van der Waals surface area contributed by atoms with Crippen LogP contribution in [0.2, 0.25) is 0 Å². The first kappa shape index (κ1) is 11.3. The van der Waals surface area contributed by atoms with Crippen molar-refractivity contribution in [1.29, 1.82) is 0 Å². The Morgan fingerprint density at radius 3 is 2.64 bits per heavy atom. The average Bonchev–Trinajstić information content (AvgIpc) is 2.10. The maximum atomic E-state index is 13.7. The summed E-state index contributed by atoms with van der Waals surface area (Å²) in [7, 11) is 0. The predicted molar refractivity (Wildman–Crippen MR) is 42.9 cm³/mol. The Labute approximate surface area is 79.6 Å². The maximum Gasteiger partial charge on any atom is 0.350 e. The standard InChI is InChI=1S/C8H12F3NO2/c1-2-14-6(13)7(9)3-4-12-5-8(7,10)11/h12H,2-5H2,1H3. The minimum absolute atomic E-state index is 0.0465. The molecule has 14 heavy (non-hydrogen) atoms. The van der Waals surface area contributed by atoms with Crippen LogP contribution in [-0.2, 0) is 9.53 Å². The number of rotatable bonds is 2. The van der Waals surface area contributed by atoms with Gasteiger partial charge >= 0.3 is 11.9 Å². The van der Waals surface area contributed by atoms with E-state index >= 15 is 0 Å². The van der Waals surface area contributed by atoms with E-state index in [9.17, 15) is 18.0 Å². The predicted octanol–water partition coefficient (Wildman–Crippen LogP) is 0.886. The van der Waals surface area contributed by atoms with Crippen LogP contribution < -0.4 is 5.32 Å². The summed E-state index contributed by atoms with van der Waals surface area (Å²) in [5, 5.41) is 2.33. The third kappa shape index (κ3) is 1.70. The minimum atomic E-state index is -3.70. The minimum Gasteiger partial charge on any atom is -0.463 e. The van der Waals surface area contributed by atoms with Crippen molar-refractivity contribution in [3.05, 3.63) is 0 Å². The van der Waals surface area contributed by atoms with Gasteiger partial charge in [0.1, 0.15) is 0 Å². The number of alkyl halides is 3. The molecule has 1 fully saturated rings. The molecule has 0 bridgehead atoms. The summed E-state index contributed by atoms with van der Waals surface area (Å²) in [4.78, 5) is 11.0. The summed E-state index contributed by atoms with van der Waals surface area (Å²) in [6.45, 7) is 0.557. The summed E-state index contributed by atoms with van der Waals surface area (Å²) in [5.41, 5.74) is -3.17. The zero-order chi connectivity index (χ0) is 10.8. The molecule has 0 radical (unpaired) electrons. The molecule has 1 atom stereocenters. The van der Waals surface area contributed by atoms with Crippen LogP contribution in [0.15, 0.2) is 0 Å². The highest BCUT2D eigenvalue weighted by Gasteiger charge is 2.62. The Kier molecular flexibility index (Phi) is 3.04. The lowest BCUT2D eigenvalue weighted by Gasteiger charge is -2.35. The summed E-state index contributed by atoms with van der Waals surface area (Å²) in [5.74, 6) is -5.16. The molecule has 1 heterocycles. The van der Waals surface area contributed by atoms with Crippen LogP contribution in [-0.4, -0.2) is 37.3 Å². The average molecular weight is 211 g/mol. The molecule has 3 nitrogen and oxygen atoms in total. The molecule has 0 saturated carbocycles. The maximum absolute atomic E-state index is 13.7. The van der Waals surface area contributed by atoms with Crippen molar-refractivity contribution >= 4 is 5.97 Å². The fraction of sp³-hybridized carbons (Fsp3) is 0.875. The third-order valence-electron chi connectivity index (χ3n) is 2.17. The molecule has 0 aromatic carbocycles. The second-order valence-corrected chi connectivity index (χ2v) is 3.15. The fourth-order valence-corrected chi connectivity index (χ4v) is 1.33. The van der Waals surface area contributed by atoms with Gasteiger partial charge in [0.2, 0.25) is 0 Å². The molecule has 1 N–H and O–H groups in total. The topological polar surface area (TPSA) is 38.3 Å². The zero-order valence-corrected chi connectivity index (χ0v) is 7.78. The molecule has 0 aromatic rings. The third-order valence-corrected chi connectivity index (χ3v) is 2.17. The number of carbonyl (C=O) groups excluding carboxylic acids is 1. The van der Waals surface area contributed by atoms with E-state index < -0.39 is 30.5 Å². The fourth-order valence-electron chi connectivity index (χ4n) is 1.33. The largest absolute Gasteiger partial charge is 0.463 e. The molecule has 1 rings (SSSR count). The van der Waals surface area contributed by atoms with Crippen molar-refractivity contribution in [2.75, 3.05) is 19.7 Å². The Balaban J connectivity index is 2.83. The van der Waals surface area contributed by atoms with Gasteiger partial charge in [-0.1, -0.05) is 0 Å². The summed E-state index contributed by atoms with van der Waals surface area (Å²) < 4.78 is 44.1. The van der Waals surface area contributed by atoms with E-state index in [4.69, 9.17) is 0 Å². The Bertz CT molecular complexity index is 235. The number of piperidine rings is 1. The molecule has 1 aliphatic heterocycles. The summed E-state index contributed by atoms with van der Waals surface area (Å²) >= 11 is 0. The number of ether oxygens (including phenoxy) is 1. The molecular formula is C8H12F3NO2. The molecule has 0 spiro atoms. The highest BCUT2D eigenvalue weighted by atomic mass is 19.3. The first-order valence-corrected chi connectivity index (χ1v) is 4.39. The number of hydrogen-bond acceptors (Lipinski definition) is 3. The Morgan fingerprint density at radius 1 is 1.50 bits per heavy atom. The van der Waals surface area contributed by atoms with Gasteiger partial charge in [-0.2, -0.15) is 0 Å². The van der Waals surface area contributed by atoms with Gasteiger partial charge in [0, 0.05) is 6.42 Å². The van der Waals surface area contributed by atoms with Crippen LogP contribution in [0.1, 0.15) is 13.3 Å². The van der Waals surface area contributed by atoms with Crippen molar-refractivity contribution < 1.29 is 22.7 Å². The molecular weight excluding hydrogens is 199 g/mol. The van der Waals surface area contributed by atoms with Gasteiger partial charge in [0.05, 0.1) is 13.2 Å². The van der Waals surface area contributed by atoms with Gasteiger partial charge in [-0.25, -0.2) is 18.0 Å². The number of halogens is 3. The first-order valence-electron chi connectivity index (χ1n) is 4.39. The van der Waals surface area contributed by atoms with Gasteiger partial charge < -0.3 is 10.1 Å². The molecule has 1 saturated heterocycles. The van der Waals surface area contributed by atoms with Gasteiger partial charge in [0.15, 0.2) is 0 Å². The van der Waals surface area contributed by atoms with Crippen LogP contribution >= 0.6 is 0 Å². The van der Waals surface area contributed by atoms with Crippen LogP contribution in [0.25, 0.3) is 0 Å². The van der Waals surface area contributed by atoms with E-state index in [0.29, 0.717) is 0 Å². The lowest BCUT2D eigenvalue weighted by atomic mass is 9.90. The molecule has 0 aliphatic carbocycles.